The number of hydrogen-bond acceptors (Lipinski definition) is 2. The van der Waals surface area contributed by atoms with Gasteiger partial charge in [-0.15, -0.1) is 0 Å². The first-order valence-corrected chi connectivity index (χ1v) is 5.75. The molecule has 2 aliphatic rings. The van der Waals surface area contributed by atoms with Crippen LogP contribution in [0, 0.1) is 18.8 Å². The summed E-state index contributed by atoms with van der Waals surface area (Å²) in [5, 5.41) is 0. The van der Waals surface area contributed by atoms with Gasteiger partial charge in [-0.1, -0.05) is 0 Å². The molecule has 92 valence electrons. The molecule has 0 aromatic carbocycles. The van der Waals surface area contributed by atoms with Crippen LogP contribution in [0.15, 0.2) is 12.1 Å². The van der Waals surface area contributed by atoms with Crippen molar-refractivity contribution in [1.82, 2.24) is 4.98 Å². The van der Waals surface area contributed by atoms with E-state index in [-0.39, 0.29) is 5.69 Å². The first kappa shape index (κ1) is 10.9. The van der Waals surface area contributed by atoms with E-state index in [1.54, 1.807) is 0 Å². The van der Waals surface area contributed by atoms with Crippen LogP contribution >= 0.6 is 0 Å². The molecule has 0 bridgehead atoms. The second kappa shape index (κ2) is 3.37. The Hall–Kier alpha value is -1.26. The smallest absolute Gasteiger partial charge is 0.356 e. The summed E-state index contributed by atoms with van der Waals surface area (Å²) >= 11 is 0. The molecule has 17 heavy (non-hydrogen) atoms. The van der Waals surface area contributed by atoms with Crippen LogP contribution in [-0.2, 0) is 6.18 Å². The summed E-state index contributed by atoms with van der Waals surface area (Å²) in [4.78, 5) is 6.17. The van der Waals surface area contributed by atoms with Crippen molar-refractivity contribution in [2.45, 2.75) is 19.5 Å². The summed E-state index contributed by atoms with van der Waals surface area (Å²) in [5.74, 6) is 2.18. The Kier molecular flexibility index (Phi) is 2.15. The van der Waals surface area contributed by atoms with Crippen LogP contribution in [0.25, 0.3) is 0 Å². The van der Waals surface area contributed by atoms with Crippen molar-refractivity contribution in [2.24, 2.45) is 11.8 Å². The van der Waals surface area contributed by atoms with Gasteiger partial charge in [-0.2, -0.15) is 13.2 Å². The Balaban J connectivity index is 1.85. The summed E-state index contributed by atoms with van der Waals surface area (Å²) in [6.07, 6.45) is -3.03. The zero-order chi connectivity index (χ0) is 12.2. The quantitative estimate of drug-likeness (QED) is 0.752. The topological polar surface area (TPSA) is 16.1 Å². The first-order chi connectivity index (χ1) is 7.95. The Morgan fingerprint density at radius 1 is 1.24 bits per heavy atom. The molecule has 1 saturated carbocycles. The fourth-order valence-corrected chi connectivity index (χ4v) is 2.61. The van der Waals surface area contributed by atoms with Crippen LogP contribution in [0.4, 0.5) is 19.0 Å². The summed E-state index contributed by atoms with van der Waals surface area (Å²) in [6, 6.07) is 2.63. The van der Waals surface area contributed by atoms with Gasteiger partial charge in [0.1, 0.15) is 5.82 Å². The van der Waals surface area contributed by atoms with Gasteiger partial charge in [-0.25, -0.2) is 4.98 Å². The second-order valence-electron chi connectivity index (χ2n) is 4.96. The number of aromatic nitrogens is 1. The van der Waals surface area contributed by atoms with Crippen LogP contribution in [0.3, 0.4) is 0 Å². The van der Waals surface area contributed by atoms with E-state index >= 15 is 0 Å². The summed E-state index contributed by atoms with van der Waals surface area (Å²) in [6.45, 7) is 3.31. The third-order valence-electron chi connectivity index (χ3n) is 3.68. The van der Waals surface area contributed by atoms with Gasteiger partial charge in [0.2, 0.25) is 0 Å². The van der Waals surface area contributed by atoms with E-state index in [4.69, 9.17) is 0 Å². The van der Waals surface area contributed by atoms with Gasteiger partial charge >= 0.3 is 6.18 Å². The SMILES string of the molecule is Cc1nc(N2CC3CC3C2)ccc1C(F)(F)F. The zero-order valence-electron chi connectivity index (χ0n) is 9.46. The molecular weight excluding hydrogens is 229 g/mol. The summed E-state index contributed by atoms with van der Waals surface area (Å²) in [7, 11) is 0. The largest absolute Gasteiger partial charge is 0.418 e. The molecule has 1 aromatic heterocycles. The number of nitrogens with zero attached hydrogens (tertiary/aromatic N) is 2. The molecule has 0 spiro atoms. The normalized spacial score (nSPS) is 27.2. The summed E-state index contributed by atoms with van der Waals surface area (Å²) < 4.78 is 37.7. The van der Waals surface area contributed by atoms with Gasteiger partial charge in [-0.3, -0.25) is 0 Å². The van der Waals surface area contributed by atoms with Gasteiger partial charge in [0.15, 0.2) is 0 Å². The lowest BCUT2D eigenvalue weighted by molar-refractivity contribution is -0.138. The maximum Gasteiger partial charge on any atom is 0.418 e. The highest BCUT2D eigenvalue weighted by Crippen LogP contribution is 2.46. The zero-order valence-corrected chi connectivity index (χ0v) is 9.46. The third-order valence-corrected chi connectivity index (χ3v) is 3.68. The van der Waals surface area contributed by atoms with Crippen molar-refractivity contribution in [3.63, 3.8) is 0 Å². The molecule has 2 heterocycles. The minimum Gasteiger partial charge on any atom is -0.356 e. The number of piperidine rings is 1. The van der Waals surface area contributed by atoms with E-state index in [1.165, 1.54) is 19.4 Å². The Morgan fingerprint density at radius 3 is 2.41 bits per heavy atom. The highest BCUT2D eigenvalue weighted by Gasteiger charge is 2.45. The first-order valence-electron chi connectivity index (χ1n) is 5.75. The fraction of sp³-hybridized carbons (Fsp3) is 0.583. The van der Waals surface area contributed by atoms with Crippen molar-refractivity contribution < 1.29 is 13.2 Å². The van der Waals surface area contributed by atoms with Crippen LogP contribution in [0.1, 0.15) is 17.7 Å². The lowest BCUT2D eigenvalue weighted by atomic mass is 10.2. The second-order valence-corrected chi connectivity index (χ2v) is 4.96. The van der Waals surface area contributed by atoms with Gasteiger partial charge in [0.25, 0.3) is 0 Å². The molecule has 0 radical (unpaired) electrons. The molecule has 5 heteroatoms. The molecule has 2 atom stereocenters. The van der Waals surface area contributed by atoms with Gasteiger partial charge in [0.05, 0.1) is 11.3 Å². The predicted molar refractivity (Wildman–Crippen MR) is 57.8 cm³/mol. The van der Waals surface area contributed by atoms with E-state index in [2.05, 4.69) is 9.88 Å². The van der Waals surface area contributed by atoms with Crippen molar-refractivity contribution in [1.29, 1.82) is 0 Å². The minimum atomic E-state index is -4.30. The molecule has 1 aromatic rings. The lowest BCUT2D eigenvalue weighted by Gasteiger charge is -2.20. The van der Waals surface area contributed by atoms with Gasteiger partial charge in [-0.05, 0) is 37.3 Å². The molecule has 0 N–H and O–H groups in total. The van der Waals surface area contributed by atoms with Crippen molar-refractivity contribution in [3.05, 3.63) is 23.4 Å². The standard InChI is InChI=1S/C12H13F3N2/c1-7-10(12(13,14)15)2-3-11(16-7)17-5-8-4-9(8)6-17/h2-3,8-9H,4-6H2,1H3. The molecule has 2 nitrogen and oxygen atoms in total. The lowest BCUT2D eigenvalue weighted by Crippen LogP contribution is -2.23. The maximum atomic E-state index is 12.6. The molecule has 2 fully saturated rings. The van der Waals surface area contributed by atoms with Gasteiger partial charge < -0.3 is 4.90 Å². The predicted octanol–water partition coefficient (Wildman–Crippen LogP) is 2.86. The molecule has 0 amide bonds. The number of fused-ring (bicyclic) bond motifs is 1. The number of aryl methyl sites for hydroxylation is 1. The monoisotopic (exact) mass is 242 g/mol. The Morgan fingerprint density at radius 2 is 1.88 bits per heavy atom. The molecular formula is C12H13F3N2. The van der Waals surface area contributed by atoms with Crippen LogP contribution in [0.5, 0.6) is 0 Å². The van der Waals surface area contributed by atoms with Crippen molar-refractivity contribution in [2.75, 3.05) is 18.0 Å². The minimum absolute atomic E-state index is 0.0653. The number of halogens is 3. The van der Waals surface area contributed by atoms with Crippen LogP contribution in [-0.4, -0.2) is 18.1 Å². The molecule has 1 aliphatic heterocycles. The van der Waals surface area contributed by atoms with Crippen molar-refractivity contribution >= 4 is 5.82 Å². The average Bonchev–Trinajstić information content (AvgIpc) is 2.84. The van der Waals surface area contributed by atoms with E-state index in [1.807, 2.05) is 0 Å². The highest BCUT2D eigenvalue weighted by molar-refractivity contribution is 5.44. The Labute approximate surface area is 97.5 Å². The Bertz CT molecular complexity index is 446. The molecule has 3 rings (SSSR count). The summed E-state index contributed by atoms with van der Waals surface area (Å²) in [5.41, 5.74) is -0.568. The van der Waals surface area contributed by atoms with Crippen molar-refractivity contribution in [3.8, 4) is 0 Å². The maximum absolute atomic E-state index is 12.6. The fourth-order valence-electron chi connectivity index (χ4n) is 2.61. The third kappa shape index (κ3) is 1.87. The number of rotatable bonds is 1. The average molecular weight is 242 g/mol. The molecule has 1 saturated heterocycles. The van der Waals surface area contributed by atoms with E-state index in [0.29, 0.717) is 5.82 Å². The van der Waals surface area contributed by atoms with E-state index in [0.717, 1.165) is 31.0 Å². The number of alkyl halides is 3. The molecule has 1 aliphatic carbocycles. The van der Waals surface area contributed by atoms with Crippen LogP contribution < -0.4 is 4.90 Å². The number of anilines is 1. The van der Waals surface area contributed by atoms with E-state index < -0.39 is 11.7 Å². The van der Waals surface area contributed by atoms with Crippen LogP contribution in [0.2, 0.25) is 0 Å². The van der Waals surface area contributed by atoms with E-state index in [9.17, 15) is 13.2 Å². The molecule has 2 unspecified atom stereocenters. The number of pyridine rings is 1. The highest BCUT2D eigenvalue weighted by atomic mass is 19.4. The van der Waals surface area contributed by atoms with Gasteiger partial charge in [0, 0.05) is 13.1 Å². The number of hydrogen-bond donors (Lipinski definition) is 0.